The highest BCUT2D eigenvalue weighted by Gasteiger charge is 2.42. The third-order valence-electron chi connectivity index (χ3n) is 4.01. The zero-order chi connectivity index (χ0) is 11.7. The van der Waals surface area contributed by atoms with Crippen LogP contribution < -0.4 is 10.6 Å². The van der Waals surface area contributed by atoms with Crippen molar-refractivity contribution < 1.29 is 4.79 Å². The molecule has 0 spiro atoms. The van der Waals surface area contributed by atoms with Crippen molar-refractivity contribution >= 4 is 5.91 Å². The largest absolute Gasteiger partial charge is 0.348 e. The molecule has 2 fully saturated rings. The van der Waals surface area contributed by atoms with Crippen molar-refractivity contribution in [2.24, 2.45) is 11.8 Å². The second kappa shape index (κ2) is 4.49. The zero-order valence-corrected chi connectivity index (χ0v) is 9.78. The van der Waals surface area contributed by atoms with Gasteiger partial charge in [0.05, 0.1) is 12.6 Å². The van der Waals surface area contributed by atoms with Gasteiger partial charge < -0.3 is 15.6 Å². The summed E-state index contributed by atoms with van der Waals surface area (Å²) >= 11 is 0. The van der Waals surface area contributed by atoms with Gasteiger partial charge in [-0.3, -0.25) is 4.79 Å². The molecule has 5 nitrogen and oxygen atoms in total. The lowest BCUT2D eigenvalue weighted by Gasteiger charge is -2.17. The van der Waals surface area contributed by atoms with Crippen LogP contribution in [0.4, 0.5) is 0 Å². The molecule has 3 N–H and O–H groups in total. The number of aromatic amines is 1. The molecule has 92 valence electrons. The Kier molecular flexibility index (Phi) is 2.84. The first-order valence-corrected chi connectivity index (χ1v) is 6.34. The molecule has 3 atom stereocenters. The third kappa shape index (κ3) is 2.07. The van der Waals surface area contributed by atoms with Crippen LogP contribution in [0.5, 0.6) is 0 Å². The standard InChI is InChI=1S/C12H18N4O/c17-12(16-7-10-13-4-5-14-10)11-9-3-1-2-8(9)6-15-11/h4-5,8-9,11,15H,1-3,6-7H2,(H,13,14)(H,16,17). The quantitative estimate of drug-likeness (QED) is 0.709. The molecule has 1 amide bonds. The number of hydrogen-bond acceptors (Lipinski definition) is 3. The minimum Gasteiger partial charge on any atom is -0.348 e. The summed E-state index contributed by atoms with van der Waals surface area (Å²) in [4.78, 5) is 19.1. The van der Waals surface area contributed by atoms with Gasteiger partial charge in [-0.25, -0.2) is 4.98 Å². The van der Waals surface area contributed by atoms with E-state index in [0.717, 1.165) is 18.3 Å². The topological polar surface area (TPSA) is 69.8 Å². The Hall–Kier alpha value is -1.36. The first kappa shape index (κ1) is 10.8. The molecule has 1 aliphatic heterocycles. The number of nitrogens with zero attached hydrogens (tertiary/aromatic N) is 1. The smallest absolute Gasteiger partial charge is 0.237 e. The fourth-order valence-electron chi connectivity index (χ4n) is 3.15. The van der Waals surface area contributed by atoms with Crippen LogP contribution in [-0.4, -0.2) is 28.5 Å². The van der Waals surface area contributed by atoms with Gasteiger partial charge in [0.1, 0.15) is 5.82 Å². The lowest BCUT2D eigenvalue weighted by molar-refractivity contribution is -0.124. The molecule has 3 unspecified atom stereocenters. The molecule has 1 aliphatic carbocycles. The number of aromatic nitrogens is 2. The molecule has 0 radical (unpaired) electrons. The number of carbonyl (C=O) groups is 1. The summed E-state index contributed by atoms with van der Waals surface area (Å²) in [5.74, 6) is 2.19. The summed E-state index contributed by atoms with van der Waals surface area (Å²) in [5.41, 5.74) is 0. The van der Waals surface area contributed by atoms with E-state index < -0.39 is 0 Å². The molecule has 1 aromatic rings. The monoisotopic (exact) mass is 234 g/mol. The van der Waals surface area contributed by atoms with E-state index in [9.17, 15) is 4.79 Å². The summed E-state index contributed by atoms with van der Waals surface area (Å²) in [6, 6.07) is 0.0115. The van der Waals surface area contributed by atoms with Crippen molar-refractivity contribution in [3.8, 4) is 0 Å². The van der Waals surface area contributed by atoms with Crippen LogP contribution in [0.3, 0.4) is 0 Å². The van der Waals surface area contributed by atoms with Gasteiger partial charge in [0.25, 0.3) is 0 Å². The van der Waals surface area contributed by atoms with E-state index >= 15 is 0 Å². The Morgan fingerprint density at radius 1 is 1.53 bits per heavy atom. The summed E-state index contributed by atoms with van der Waals surface area (Å²) in [6.07, 6.45) is 7.21. The average Bonchev–Trinajstić information content (AvgIpc) is 3.02. The maximum absolute atomic E-state index is 12.1. The van der Waals surface area contributed by atoms with Crippen molar-refractivity contribution in [1.29, 1.82) is 0 Å². The van der Waals surface area contributed by atoms with Crippen LogP contribution in [-0.2, 0) is 11.3 Å². The second-order valence-corrected chi connectivity index (χ2v) is 4.99. The highest BCUT2D eigenvalue weighted by atomic mass is 16.2. The van der Waals surface area contributed by atoms with Gasteiger partial charge in [0, 0.05) is 12.4 Å². The predicted molar refractivity (Wildman–Crippen MR) is 63.1 cm³/mol. The predicted octanol–water partition coefficient (Wildman–Crippen LogP) is 0.414. The molecule has 5 heteroatoms. The van der Waals surface area contributed by atoms with E-state index in [0.29, 0.717) is 12.5 Å². The highest BCUT2D eigenvalue weighted by Crippen LogP contribution is 2.37. The molecular formula is C12H18N4O. The Bertz CT molecular complexity index is 389. The normalized spacial score (nSPS) is 31.4. The maximum atomic E-state index is 12.1. The van der Waals surface area contributed by atoms with Crippen LogP contribution in [0.25, 0.3) is 0 Å². The van der Waals surface area contributed by atoms with Crippen LogP contribution in [0.15, 0.2) is 12.4 Å². The summed E-state index contributed by atoms with van der Waals surface area (Å²) in [5, 5.41) is 6.29. The molecule has 17 heavy (non-hydrogen) atoms. The second-order valence-electron chi connectivity index (χ2n) is 4.99. The number of fused-ring (bicyclic) bond motifs is 1. The van der Waals surface area contributed by atoms with Gasteiger partial charge >= 0.3 is 0 Å². The summed E-state index contributed by atoms with van der Waals surface area (Å²) in [7, 11) is 0. The number of imidazole rings is 1. The Morgan fingerprint density at radius 3 is 3.29 bits per heavy atom. The molecule has 3 rings (SSSR count). The molecular weight excluding hydrogens is 216 g/mol. The van der Waals surface area contributed by atoms with Gasteiger partial charge in [-0.05, 0) is 31.2 Å². The number of H-pyrrole nitrogens is 1. The molecule has 2 heterocycles. The third-order valence-corrected chi connectivity index (χ3v) is 4.01. The van der Waals surface area contributed by atoms with E-state index in [1.165, 1.54) is 19.3 Å². The minimum absolute atomic E-state index is 0.0115. The van der Waals surface area contributed by atoms with Crippen molar-refractivity contribution in [2.45, 2.75) is 31.8 Å². The van der Waals surface area contributed by atoms with Crippen LogP contribution in [0, 0.1) is 11.8 Å². The van der Waals surface area contributed by atoms with E-state index in [1.54, 1.807) is 12.4 Å². The number of carbonyl (C=O) groups excluding carboxylic acids is 1. The van der Waals surface area contributed by atoms with Crippen molar-refractivity contribution in [3.63, 3.8) is 0 Å². The van der Waals surface area contributed by atoms with E-state index in [1.807, 2.05) is 0 Å². The highest BCUT2D eigenvalue weighted by molar-refractivity contribution is 5.82. The van der Waals surface area contributed by atoms with E-state index in [2.05, 4.69) is 20.6 Å². The average molecular weight is 234 g/mol. The fraction of sp³-hybridized carbons (Fsp3) is 0.667. The van der Waals surface area contributed by atoms with Gasteiger partial charge in [0.2, 0.25) is 5.91 Å². The fourth-order valence-corrected chi connectivity index (χ4v) is 3.15. The molecule has 2 aliphatic rings. The number of rotatable bonds is 3. The Labute approximate surface area is 100 Å². The lowest BCUT2D eigenvalue weighted by Crippen LogP contribution is -2.43. The molecule has 1 aromatic heterocycles. The number of nitrogens with one attached hydrogen (secondary N) is 3. The summed E-state index contributed by atoms with van der Waals surface area (Å²) in [6.45, 7) is 1.49. The van der Waals surface area contributed by atoms with Crippen molar-refractivity contribution in [2.75, 3.05) is 6.54 Å². The zero-order valence-electron chi connectivity index (χ0n) is 9.78. The van der Waals surface area contributed by atoms with E-state index in [4.69, 9.17) is 0 Å². The van der Waals surface area contributed by atoms with Crippen LogP contribution >= 0.6 is 0 Å². The van der Waals surface area contributed by atoms with Crippen molar-refractivity contribution in [1.82, 2.24) is 20.6 Å². The number of hydrogen-bond donors (Lipinski definition) is 3. The first-order valence-electron chi connectivity index (χ1n) is 6.34. The first-order chi connectivity index (χ1) is 8.34. The molecule has 1 saturated carbocycles. The number of amides is 1. The van der Waals surface area contributed by atoms with E-state index in [-0.39, 0.29) is 11.9 Å². The minimum atomic E-state index is 0.0115. The Morgan fingerprint density at radius 2 is 2.47 bits per heavy atom. The Balaban J connectivity index is 1.55. The SMILES string of the molecule is O=C(NCc1ncc[nH]1)C1NCC2CCCC21. The van der Waals surface area contributed by atoms with Crippen molar-refractivity contribution in [3.05, 3.63) is 18.2 Å². The maximum Gasteiger partial charge on any atom is 0.237 e. The summed E-state index contributed by atoms with van der Waals surface area (Å²) < 4.78 is 0. The lowest BCUT2D eigenvalue weighted by atomic mass is 9.94. The van der Waals surface area contributed by atoms with Gasteiger partial charge in [-0.2, -0.15) is 0 Å². The van der Waals surface area contributed by atoms with Gasteiger partial charge in [-0.15, -0.1) is 0 Å². The van der Waals surface area contributed by atoms with Gasteiger partial charge in [-0.1, -0.05) is 6.42 Å². The molecule has 0 bridgehead atoms. The van der Waals surface area contributed by atoms with Crippen LogP contribution in [0.1, 0.15) is 25.1 Å². The molecule has 1 saturated heterocycles. The van der Waals surface area contributed by atoms with Crippen LogP contribution in [0.2, 0.25) is 0 Å². The molecule has 0 aromatic carbocycles. The van der Waals surface area contributed by atoms with Gasteiger partial charge in [0.15, 0.2) is 0 Å².